The fourth-order valence-corrected chi connectivity index (χ4v) is 2.17. The van der Waals surface area contributed by atoms with Crippen molar-refractivity contribution in [2.45, 2.75) is 12.8 Å². The summed E-state index contributed by atoms with van der Waals surface area (Å²) in [7, 11) is 3.30. The van der Waals surface area contributed by atoms with Gasteiger partial charge in [0.1, 0.15) is 11.5 Å². The molecule has 112 valence electrons. The zero-order valence-corrected chi connectivity index (χ0v) is 12.6. The summed E-state index contributed by atoms with van der Waals surface area (Å²) in [4.78, 5) is 0. The largest absolute Gasteiger partial charge is 0.497 e. The van der Waals surface area contributed by atoms with E-state index < -0.39 is 0 Å². The molecule has 4 nitrogen and oxygen atoms in total. The summed E-state index contributed by atoms with van der Waals surface area (Å²) in [5.41, 5.74) is 8.92. The van der Waals surface area contributed by atoms with Crippen molar-refractivity contribution in [2.75, 3.05) is 31.8 Å². The van der Waals surface area contributed by atoms with Crippen LogP contribution < -0.4 is 20.5 Å². The molecule has 0 heterocycles. The van der Waals surface area contributed by atoms with Crippen molar-refractivity contribution in [1.29, 1.82) is 0 Å². The molecule has 0 saturated heterocycles. The van der Waals surface area contributed by atoms with Crippen LogP contribution in [-0.2, 0) is 6.42 Å². The number of anilines is 2. The van der Waals surface area contributed by atoms with Crippen LogP contribution in [-0.4, -0.2) is 20.8 Å². The van der Waals surface area contributed by atoms with Crippen LogP contribution in [0, 0.1) is 0 Å². The second-order valence-electron chi connectivity index (χ2n) is 4.84. The molecule has 0 amide bonds. The van der Waals surface area contributed by atoms with E-state index in [4.69, 9.17) is 15.2 Å². The Morgan fingerprint density at radius 2 is 1.76 bits per heavy atom. The third-order valence-corrected chi connectivity index (χ3v) is 3.36. The van der Waals surface area contributed by atoms with E-state index in [2.05, 4.69) is 11.4 Å². The SMILES string of the molecule is COc1ccc(NCCCc2ccc(OC)c(N)c2)cc1. The van der Waals surface area contributed by atoms with Gasteiger partial charge in [0, 0.05) is 12.2 Å². The van der Waals surface area contributed by atoms with Crippen molar-refractivity contribution in [3.8, 4) is 11.5 Å². The van der Waals surface area contributed by atoms with Crippen LogP contribution in [0.3, 0.4) is 0 Å². The van der Waals surface area contributed by atoms with E-state index in [9.17, 15) is 0 Å². The van der Waals surface area contributed by atoms with Crippen LogP contribution in [0.25, 0.3) is 0 Å². The van der Waals surface area contributed by atoms with Crippen LogP contribution >= 0.6 is 0 Å². The van der Waals surface area contributed by atoms with Crippen molar-refractivity contribution in [2.24, 2.45) is 0 Å². The number of hydrogen-bond acceptors (Lipinski definition) is 4. The summed E-state index contributed by atoms with van der Waals surface area (Å²) in [6, 6.07) is 13.9. The quantitative estimate of drug-likeness (QED) is 0.605. The monoisotopic (exact) mass is 286 g/mol. The average Bonchev–Trinajstić information content (AvgIpc) is 2.52. The first kappa shape index (κ1) is 15.0. The Hall–Kier alpha value is -2.36. The molecule has 0 radical (unpaired) electrons. The molecule has 21 heavy (non-hydrogen) atoms. The number of aryl methyl sites for hydroxylation is 1. The zero-order valence-electron chi connectivity index (χ0n) is 12.6. The Bertz CT molecular complexity index is 568. The number of ether oxygens (including phenoxy) is 2. The first-order valence-electron chi connectivity index (χ1n) is 7.03. The van der Waals surface area contributed by atoms with Crippen molar-refractivity contribution in [3.05, 3.63) is 48.0 Å². The molecule has 0 aliphatic heterocycles. The maximum absolute atomic E-state index is 5.90. The highest BCUT2D eigenvalue weighted by atomic mass is 16.5. The predicted octanol–water partition coefficient (Wildman–Crippen LogP) is 3.33. The molecule has 0 unspecified atom stereocenters. The van der Waals surface area contributed by atoms with Crippen LogP contribution in [0.5, 0.6) is 11.5 Å². The Balaban J connectivity index is 1.77. The summed E-state index contributed by atoms with van der Waals surface area (Å²) in [5, 5.41) is 3.39. The third kappa shape index (κ3) is 4.31. The van der Waals surface area contributed by atoms with Gasteiger partial charge in [-0.3, -0.25) is 0 Å². The lowest BCUT2D eigenvalue weighted by atomic mass is 10.1. The van der Waals surface area contributed by atoms with Gasteiger partial charge in [0.2, 0.25) is 0 Å². The maximum atomic E-state index is 5.90. The van der Waals surface area contributed by atoms with Gasteiger partial charge in [-0.2, -0.15) is 0 Å². The lowest BCUT2D eigenvalue weighted by Gasteiger charge is -2.09. The van der Waals surface area contributed by atoms with E-state index in [1.54, 1.807) is 14.2 Å². The van der Waals surface area contributed by atoms with Gasteiger partial charge in [-0.15, -0.1) is 0 Å². The predicted molar refractivity (Wildman–Crippen MR) is 87.2 cm³/mol. The van der Waals surface area contributed by atoms with Crippen LogP contribution in [0.2, 0.25) is 0 Å². The second kappa shape index (κ2) is 7.43. The summed E-state index contributed by atoms with van der Waals surface area (Å²) < 4.78 is 10.3. The number of hydrogen-bond donors (Lipinski definition) is 2. The highest BCUT2D eigenvalue weighted by Gasteiger charge is 2.01. The van der Waals surface area contributed by atoms with Gasteiger partial charge in [0.05, 0.1) is 19.9 Å². The van der Waals surface area contributed by atoms with Crippen LogP contribution in [0.4, 0.5) is 11.4 Å². The van der Waals surface area contributed by atoms with Gasteiger partial charge in [0.25, 0.3) is 0 Å². The molecule has 0 aromatic heterocycles. The first-order chi connectivity index (χ1) is 10.2. The normalized spacial score (nSPS) is 10.2. The summed E-state index contributed by atoms with van der Waals surface area (Å²) in [5.74, 6) is 1.60. The van der Waals surface area contributed by atoms with E-state index in [1.807, 2.05) is 36.4 Å². The molecule has 0 aliphatic carbocycles. The highest BCUT2D eigenvalue weighted by Crippen LogP contribution is 2.22. The minimum absolute atomic E-state index is 0.693. The molecular weight excluding hydrogens is 264 g/mol. The van der Waals surface area contributed by atoms with E-state index >= 15 is 0 Å². The fourth-order valence-electron chi connectivity index (χ4n) is 2.17. The number of nitrogens with one attached hydrogen (secondary N) is 1. The average molecular weight is 286 g/mol. The maximum Gasteiger partial charge on any atom is 0.141 e. The number of nitrogens with two attached hydrogens (primary N) is 1. The standard InChI is InChI=1S/C17H22N2O2/c1-20-15-8-6-14(7-9-15)19-11-3-4-13-5-10-17(21-2)16(18)12-13/h5-10,12,19H,3-4,11,18H2,1-2H3. The van der Waals surface area contributed by atoms with Crippen molar-refractivity contribution in [3.63, 3.8) is 0 Å². The molecule has 0 spiro atoms. The molecule has 2 aromatic rings. The lowest BCUT2D eigenvalue weighted by molar-refractivity contribution is 0.415. The minimum Gasteiger partial charge on any atom is -0.497 e. The van der Waals surface area contributed by atoms with Crippen molar-refractivity contribution >= 4 is 11.4 Å². The smallest absolute Gasteiger partial charge is 0.141 e. The van der Waals surface area contributed by atoms with Crippen molar-refractivity contribution in [1.82, 2.24) is 0 Å². The van der Waals surface area contributed by atoms with Crippen LogP contribution in [0.15, 0.2) is 42.5 Å². The third-order valence-electron chi connectivity index (χ3n) is 3.36. The summed E-state index contributed by atoms with van der Waals surface area (Å²) in [6.07, 6.45) is 2.02. The number of benzene rings is 2. The van der Waals surface area contributed by atoms with E-state index in [1.165, 1.54) is 5.56 Å². The van der Waals surface area contributed by atoms with Crippen LogP contribution in [0.1, 0.15) is 12.0 Å². The molecule has 0 saturated carbocycles. The Labute approximate surface area is 125 Å². The molecule has 2 aromatic carbocycles. The Morgan fingerprint density at radius 3 is 2.38 bits per heavy atom. The van der Waals surface area contributed by atoms with Gasteiger partial charge in [0.15, 0.2) is 0 Å². The minimum atomic E-state index is 0.693. The van der Waals surface area contributed by atoms with Crippen molar-refractivity contribution < 1.29 is 9.47 Å². The topological polar surface area (TPSA) is 56.5 Å². The number of methoxy groups -OCH3 is 2. The second-order valence-corrected chi connectivity index (χ2v) is 4.84. The molecule has 2 rings (SSSR count). The molecule has 0 bridgehead atoms. The van der Waals surface area contributed by atoms with Gasteiger partial charge in [-0.25, -0.2) is 0 Å². The molecular formula is C17H22N2O2. The molecule has 0 fully saturated rings. The van der Waals surface area contributed by atoms with Gasteiger partial charge >= 0.3 is 0 Å². The van der Waals surface area contributed by atoms with Gasteiger partial charge < -0.3 is 20.5 Å². The number of rotatable bonds is 7. The Kier molecular flexibility index (Phi) is 5.32. The summed E-state index contributed by atoms with van der Waals surface area (Å²) in [6.45, 7) is 0.915. The molecule has 0 atom stereocenters. The summed E-state index contributed by atoms with van der Waals surface area (Å²) >= 11 is 0. The first-order valence-corrected chi connectivity index (χ1v) is 7.03. The van der Waals surface area contributed by atoms with E-state index in [-0.39, 0.29) is 0 Å². The Morgan fingerprint density at radius 1 is 1.00 bits per heavy atom. The van der Waals surface area contributed by atoms with Gasteiger partial charge in [-0.05, 0) is 54.8 Å². The lowest BCUT2D eigenvalue weighted by Crippen LogP contribution is -2.03. The molecule has 0 aliphatic rings. The zero-order chi connectivity index (χ0) is 15.1. The molecule has 4 heteroatoms. The van der Waals surface area contributed by atoms with E-state index in [0.717, 1.165) is 36.6 Å². The number of nitrogen functional groups attached to an aromatic ring is 1. The highest BCUT2D eigenvalue weighted by molar-refractivity contribution is 5.54. The van der Waals surface area contributed by atoms with E-state index in [0.29, 0.717) is 5.69 Å². The molecule has 3 N–H and O–H groups in total. The van der Waals surface area contributed by atoms with Gasteiger partial charge in [-0.1, -0.05) is 6.07 Å². The fraction of sp³-hybridized carbons (Fsp3) is 0.294.